The van der Waals surface area contributed by atoms with Crippen LogP contribution in [-0.2, 0) is 11.3 Å². The monoisotopic (exact) mass is 355 g/mol. The average molecular weight is 355 g/mol. The highest BCUT2D eigenvalue weighted by Crippen LogP contribution is 2.26. The minimum atomic E-state index is -0.128. The van der Waals surface area contributed by atoms with Gasteiger partial charge in [-0.15, -0.1) is 5.10 Å². The van der Waals surface area contributed by atoms with E-state index in [1.807, 2.05) is 91.0 Å². The molecule has 0 spiro atoms. The molecule has 132 valence electrons. The summed E-state index contributed by atoms with van der Waals surface area (Å²) in [4.78, 5) is 14.9. The molecular formula is C21H17N5O. The highest BCUT2D eigenvalue weighted by molar-refractivity contribution is 6.00. The Morgan fingerprint density at radius 2 is 1.30 bits per heavy atom. The second kappa shape index (κ2) is 7.61. The first kappa shape index (κ1) is 16.7. The van der Waals surface area contributed by atoms with Gasteiger partial charge >= 0.3 is 0 Å². The molecular weight excluding hydrogens is 338 g/mol. The van der Waals surface area contributed by atoms with Crippen LogP contribution in [0.15, 0.2) is 91.0 Å². The summed E-state index contributed by atoms with van der Waals surface area (Å²) in [5.41, 5.74) is 2.45. The molecule has 27 heavy (non-hydrogen) atoms. The number of carbonyl (C=O) groups is 1. The van der Waals surface area contributed by atoms with Gasteiger partial charge < -0.3 is 0 Å². The van der Waals surface area contributed by atoms with Gasteiger partial charge in [0.1, 0.15) is 6.54 Å². The highest BCUT2D eigenvalue weighted by Gasteiger charge is 2.20. The van der Waals surface area contributed by atoms with Crippen molar-refractivity contribution in [2.75, 3.05) is 4.90 Å². The topological polar surface area (TPSA) is 63.9 Å². The number of benzene rings is 3. The molecule has 6 heteroatoms. The summed E-state index contributed by atoms with van der Waals surface area (Å²) < 4.78 is 1.52. The summed E-state index contributed by atoms with van der Waals surface area (Å²) in [6, 6.07) is 28.7. The molecule has 0 N–H and O–H groups in total. The van der Waals surface area contributed by atoms with Crippen molar-refractivity contribution in [3.63, 3.8) is 0 Å². The van der Waals surface area contributed by atoms with Crippen LogP contribution in [0, 0.1) is 0 Å². The average Bonchev–Trinajstić information content (AvgIpc) is 3.18. The lowest BCUT2D eigenvalue weighted by molar-refractivity contribution is -0.118. The maximum atomic E-state index is 13.2. The van der Waals surface area contributed by atoms with Gasteiger partial charge in [-0.25, -0.2) is 4.68 Å². The third kappa shape index (κ3) is 3.59. The molecule has 0 radical (unpaired) electrons. The summed E-state index contributed by atoms with van der Waals surface area (Å²) in [6.07, 6.45) is 0. The fourth-order valence-corrected chi connectivity index (χ4v) is 2.90. The van der Waals surface area contributed by atoms with E-state index in [-0.39, 0.29) is 12.5 Å². The summed E-state index contributed by atoms with van der Waals surface area (Å²) in [6.45, 7) is 0.0288. The Kier molecular flexibility index (Phi) is 4.70. The Bertz CT molecular complexity index is 977. The normalized spacial score (nSPS) is 10.5. The molecule has 4 rings (SSSR count). The molecule has 0 aliphatic carbocycles. The first-order chi connectivity index (χ1) is 13.3. The number of hydrogen-bond acceptors (Lipinski definition) is 4. The number of para-hydroxylation sites is 2. The standard InChI is InChI=1S/C21H17N5O/c27-20(16-25-21(22-23-24-25)17-10-4-1-5-11-17)26(18-12-6-2-7-13-18)19-14-8-3-9-15-19/h1-15H,16H2. The maximum absolute atomic E-state index is 13.2. The number of carbonyl (C=O) groups excluding carboxylic acids is 1. The lowest BCUT2D eigenvalue weighted by Crippen LogP contribution is -2.30. The number of rotatable bonds is 5. The highest BCUT2D eigenvalue weighted by atomic mass is 16.2. The third-order valence-electron chi connectivity index (χ3n) is 4.13. The van der Waals surface area contributed by atoms with Crippen LogP contribution in [0.4, 0.5) is 11.4 Å². The molecule has 1 aromatic heterocycles. The van der Waals surface area contributed by atoms with Crippen molar-refractivity contribution in [2.45, 2.75) is 6.54 Å². The van der Waals surface area contributed by atoms with Crippen molar-refractivity contribution >= 4 is 17.3 Å². The summed E-state index contributed by atoms with van der Waals surface area (Å²) in [7, 11) is 0. The van der Waals surface area contributed by atoms with Crippen LogP contribution in [0.2, 0.25) is 0 Å². The molecule has 0 saturated carbocycles. The van der Waals surface area contributed by atoms with E-state index in [0.717, 1.165) is 16.9 Å². The minimum absolute atomic E-state index is 0.0288. The number of aromatic nitrogens is 4. The molecule has 0 fully saturated rings. The van der Waals surface area contributed by atoms with Gasteiger partial charge in [0.15, 0.2) is 5.82 Å². The van der Waals surface area contributed by atoms with Crippen molar-refractivity contribution in [3.8, 4) is 11.4 Å². The van der Waals surface area contributed by atoms with E-state index >= 15 is 0 Å². The fraction of sp³-hybridized carbons (Fsp3) is 0.0476. The lowest BCUT2D eigenvalue weighted by Gasteiger charge is -2.23. The van der Waals surface area contributed by atoms with Crippen molar-refractivity contribution in [3.05, 3.63) is 91.0 Å². The van der Waals surface area contributed by atoms with E-state index in [1.165, 1.54) is 4.68 Å². The lowest BCUT2D eigenvalue weighted by atomic mass is 10.2. The van der Waals surface area contributed by atoms with Crippen LogP contribution < -0.4 is 4.90 Å². The Balaban J connectivity index is 1.67. The van der Waals surface area contributed by atoms with E-state index < -0.39 is 0 Å². The van der Waals surface area contributed by atoms with Gasteiger partial charge in [0.25, 0.3) is 5.91 Å². The minimum Gasteiger partial charge on any atom is -0.279 e. The van der Waals surface area contributed by atoms with Crippen molar-refractivity contribution in [1.82, 2.24) is 20.2 Å². The molecule has 0 bridgehead atoms. The van der Waals surface area contributed by atoms with Crippen LogP contribution in [0.25, 0.3) is 11.4 Å². The first-order valence-electron chi connectivity index (χ1n) is 8.57. The van der Waals surface area contributed by atoms with Gasteiger partial charge in [-0.05, 0) is 34.7 Å². The Morgan fingerprint density at radius 1 is 0.778 bits per heavy atom. The van der Waals surface area contributed by atoms with Crippen LogP contribution in [0.5, 0.6) is 0 Å². The van der Waals surface area contributed by atoms with E-state index in [4.69, 9.17) is 0 Å². The van der Waals surface area contributed by atoms with Crippen LogP contribution >= 0.6 is 0 Å². The zero-order chi connectivity index (χ0) is 18.5. The molecule has 0 aliphatic rings. The predicted octanol–water partition coefficient (Wildman–Crippen LogP) is 3.71. The van der Waals surface area contributed by atoms with Crippen LogP contribution in [0.1, 0.15) is 0 Å². The zero-order valence-corrected chi connectivity index (χ0v) is 14.5. The zero-order valence-electron chi connectivity index (χ0n) is 14.5. The van der Waals surface area contributed by atoms with Gasteiger partial charge in [-0.2, -0.15) is 0 Å². The maximum Gasteiger partial charge on any atom is 0.253 e. The van der Waals surface area contributed by atoms with Crippen molar-refractivity contribution in [2.24, 2.45) is 0 Å². The molecule has 0 atom stereocenters. The Hall–Kier alpha value is -3.80. The van der Waals surface area contributed by atoms with E-state index in [0.29, 0.717) is 5.82 Å². The van der Waals surface area contributed by atoms with Crippen molar-refractivity contribution in [1.29, 1.82) is 0 Å². The van der Waals surface area contributed by atoms with E-state index in [9.17, 15) is 4.79 Å². The van der Waals surface area contributed by atoms with Crippen LogP contribution in [0.3, 0.4) is 0 Å². The predicted molar refractivity (Wildman–Crippen MR) is 103 cm³/mol. The number of anilines is 2. The number of hydrogen-bond donors (Lipinski definition) is 0. The molecule has 0 saturated heterocycles. The van der Waals surface area contributed by atoms with Gasteiger partial charge in [0.05, 0.1) is 0 Å². The summed E-state index contributed by atoms with van der Waals surface area (Å²) in [5.74, 6) is 0.432. The summed E-state index contributed by atoms with van der Waals surface area (Å²) >= 11 is 0. The molecule has 4 aromatic rings. The van der Waals surface area contributed by atoms with E-state index in [2.05, 4.69) is 15.5 Å². The van der Waals surface area contributed by atoms with Gasteiger partial charge in [0, 0.05) is 16.9 Å². The summed E-state index contributed by atoms with van der Waals surface area (Å²) in [5, 5.41) is 11.8. The second-order valence-corrected chi connectivity index (χ2v) is 5.93. The molecule has 0 aliphatic heterocycles. The number of tetrazole rings is 1. The van der Waals surface area contributed by atoms with Crippen molar-refractivity contribution < 1.29 is 4.79 Å². The quantitative estimate of drug-likeness (QED) is 0.547. The number of nitrogens with zero attached hydrogens (tertiary/aromatic N) is 5. The smallest absolute Gasteiger partial charge is 0.253 e. The molecule has 6 nitrogen and oxygen atoms in total. The van der Waals surface area contributed by atoms with Gasteiger partial charge in [0.2, 0.25) is 0 Å². The largest absolute Gasteiger partial charge is 0.279 e. The first-order valence-corrected chi connectivity index (χ1v) is 8.57. The van der Waals surface area contributed by atoms with E-state index in [1.54, 1.807) is 4.90 Å². The fourth-order valence-electron chi connectivity index (χ4n) is 2.90. The Morgan fingerprint density at radius 3 is 1.85 bits per heavy atom. The van der Waals surface area contributed by atoms with Gasteiger partial charge in [-0.3, -0.25) is 9.69 Å². The third-order valence-corrected chi connectivity index (χ3v) is 4.13. The second-order valence-electron chi connectivity index (χ2n) is 5.93. The molecule has 0 unspecified atom stereocenters. The van der Waals surface area contributed by atoms with Gasteiger partial charge in [-0.1, -0.05) is 66.7 Å². The molecule has 1 heterocycles. The van der Waals surface area contributed by atoms with Crippen LogP contribution in [-0.4, -0.2) is 26.1 Å². The Labute approximate surface area is 156 Å². The number of amides is 1. The SMILES string of the molecule is O=C(Cn1nnnc1-c1ccccc1)N(c1ccccc1)c1ccccc1. The molecule has 3 aromatic carbocycles. The molecule has 1 amide bonds.